The molecule has 152 valence electrons. The van der Waals surface area contributed by atoms with E-state index in [-0.39, 0.29) is 30.1 Å². The molecule has 2 aliphatic rings. The highest BCUT2D eigenvalue weighted by atomic mass is 16.2. The molecule has 5 N–H and O–H groups in total. The molecule has 9 nitrogen and oxygen atoms in total. The van der Waals surface area contributed by atoms with Crippen molar-refractivity contribution in [2.45, 2.75) is 19.8 Å². The van der Waals surface area contributed by atoms with Gasteiger partial charge < -0.3 is 21.7 Å². The van der Waals surface area contributed by atoms with E-state index < -0.39 is 0 Å². The van der Waals surface area contributed by atoms with Gasteiger partial charge in [-0.15, -0.1) is 0 Å². The third-order valence-corrected chi connectivity index (χ3v) is 4.83. The van der Waals surface area contributed by atoms with E-state index in [4.69, 9.17) is 11.5 Å². The standard InChI is InChI=1S/C20H24N6O3/c1-12-5-6-13(10-23-12)15(21)7-8-16(22)24-17(27)11-26-9-3-4-14-18(26)20(29)25(2)19(14)28/h5-8,10H,3-4,9,11,21-22H2,1-2H3,(H,24,27)/b15-7-,16-8+. The fourth-order valence-corrected chi connectivity index (χ4v) is 3.28. The number of nitrogens with zero attached hydrogens (tertiary/aromatic N) is 3. The fourth-order valence-electron chi connectivity index (χ4n) is 3.28. The lowest BCUT2D eigenvalue weighted by atomic mass is 10.0. The summed E-state index contributed by atoms with van der Waals surface area (Å²) in [4.78, 5) is 43.7. The van der Waals surface area contributed by atoms with Crippen LogP contribution in [0.4, 0.5) is 0 Å². The van der Waals surface area contributed by atoms with Gasteiger partial charge >= 0.3 is 0 Å². The van der Waals surface area contributed by atoms with Gasteiger partial charge in [-0.25, -0.2) is 0 Å². The van der Waals surface area contributed by atoms with Gasteiger partial charge in [-0.2, -0.15) is 0 Å². The van der Waals surface area contributed by atoms with E-state index in [1.807, 2.05) is 19.1 Å². The summed E-state index contributed by atoms with van der Waals surface area (Å²) >= 11 is 0. The Morgan fingerprint density at radius 3 is 2.69 bits per heavy atom. The Bertz CT molecular complexity index is 945. The number of likely N-dealkylation sites (N-methyl/N-ethyl adjacent to an activating group) is 1. The Hall–Kier alpha value is -3.62. The maximum absolute atomic E-state index is 12.4. The molecule has 0 bridgehead atoms. The fraction of sp³-hybridized carbons (Fsp3) is 0.300. The van der Waals surface area contributed by atoms with E-state index in [9.17, 15) is 14.4 Å². The highest BCUT2D eigenvalue weighted by Crippen LogP contribution is 2.30. The summed E-state index contributed by atoms with van der Waals surface area (Å²) in [6, 6.07) is 3.69. The molecule has 0 aliphatic carbocycles. The van der Waals surface area contributed by atoms with E-state index in [0.717, 1.165) is 16.2 Å². The molecular formula is C20H24N6O3. The van der Waals surface area contributed by atoms with Gasteiger partial charge in [-0.1, -0.05) is 0 Å². The van der Waals surface area contributed by atoms with Gasteiger partial charge in [0.25, 0.3) is 11.8 Å². The summed E-state index contributed by atoms with van der Waals surface area (Å²) in [6.45, 7) is 2.34. The Morgan fingerprint density at radius 1 is 1.24 bits per heavy atom. The number of carbonyl (C=O) groups is 3. The number of imide groups is 1. The van der Waals surface area contributed by atoms with Gasteiger partial charge in [-0.3, -0.25) is 24.3 Å². The molecule has 0 saturated heterocycles. The average molecular weight is 396 g/mol. The second-order valence-electron chi connectivity index (χ2n) is 7.00. The lowest BCUT2D eigenvalue weighted by Gasteiger charge is -2.28. The first-order chi connectivity index (χ1) is 13.8. The molecule has 9 heteroatoms. The Labute approximate surface area is 168 Å². The second-order valence-corrected chi connectivity index (χ2v) is 7.00. The summed E-state index contributed by atoms with van der Waals surface area (Å²) in [5, 5.41) is 2.57. The smallest absolute Gasteiger partial charge is 0.277 e. The summed E-state index contributed by atoms with van der Waals surface area (Å²) in [5.74, 6) is -0.925. The molecule has 1 aromatic rings. The minimum Gasteiger partial charge on any atom is -0.398 e. The van der Waals surface area contributed by atoms with E-state index in [0.29, 0.717) is 36.4 Å². The number of allylic oxidation sites excluding steroid dienone is 2. The van der Waals surface area contributed by atoms with Gasteiger partial charge in [0.05, 0.1) is 6.54 Å². The molecule has 3 rings (SSSR count). The number of aromatic nitrogens is 1. The van der Waals surface area contributed by atoms with E-state index in [2.05, 4.69) is 10.3 Å². The zero-order valence-corrected chi connectivity index (χ0v) is 16.4. The van der Waals surface area contributed by atoms with Crippen LogP contribution >= 0.6 is 0 Å². The second kappa shape index (κ2) is 8.17. The van der Waals surface area contributed by atoms with Crippen LogP contribution in [0.2, 0.25) is 0 Å². The van der Waals surface area contributed by atoms with Crippen molar-refractivity contribution in [3.8, 4) is 0 Å². The van der Waals surface area contributed by atoms with Crippen LogP contribution in [0.3, 0.4) is 0 Å². The summed E-state index contributed by atoms with van der Waals surface area (Å²) in [5.41, 5.74) is 14.7. The summed E-state index contributed by atoms with van der Waals surface area (Å²) in [6.07, 6.45) is 5.97. The molecule has 0 spiro atoms. The minimum atomic E-state index is -0.383. The largest absolute Gasteiger partial charge is 0.398 e. The summed E-state index contributed by atoms with van der Waals surface area (Å²) in [7, 11) is 1.45. The molecule has 3 amide bonds. The number of nitrogens with one attached hydrogen (secondary N) is 1. The monoisotopic (exact) mass is 396 g/mol. The van der Waals surface area contributed by atoms with E-state index in [1.54, 1.807) is 17.2 Å². The lowest BCUT2D eigenvalue weighted by Crippen LogP contribution is -2.41. The molecular weight excluding hydrogens is 372 g/mol. The molecule has 3 heterocycles. The van der Waals surface area contributed by atoms with Crippen LogP contribution in [-0.4, -0.2) is 52.6 Å². The van der Waals surface area contributed by atoms with Gasteiger partial charge in [0.2, 0.25) is 5.91 Å². The van der Waals surface area contributed by atoms with E-state index in [1.165, 1.54) is 13.1 Å². The highest BCUT2D eigenvalue weighted by molar-refractivity contribution is 6.19. The lowest BCUT2D eigenvalue weighted by molar-refractivity contribution is -0.136. The third-order valence-electron chi connectivity index (χ3n) is 4.83. The number of rotatable bonds is 5. The number of hydrogen-bond donors (Lipinski definition) is 3. The van der Waals surface area contributed by atoms with Crippen LogP contribution in [0.5, 0.6) is 0 Å². The Morgan fingerprint density at radius 2 is 2.00 bits per heavy atom. The van der Waals surface area contributed by atoms with Crippen molar-refractivity contribution in [1.29, 1.82) is 0 Å². The Kier molecular flexibility index (Phi) is 5.67. The summed E-state index contributed by atoms with van der Waals surface area (Å²) < 4.78 is 0. The molecule has 0 saturated carbocycles. The number of nitrogens with two attached hydrogens (primary N) is 2. The number of aryl methyl sites for hydroxylation is 1. The molecule has 29 heavy (non-hydrogen) atoms. The normalized spacial score (nSPS) is 17.7. The third kappa shape index (κ3) is 4.29. The van der Waals surface area contributed by atoms with Crippen LogP contribution in [0, 0.1) is 6.92 Å². The van der Waals surface area contributed by atoms with Crippen LogP contribution in [0.15, 0.2) is 47.6 Å². The predicted molar refractivity (Wildman–Crippen MR) is 107 cm³/mol. The van der Waals surface area contributed by atoms with Crippen molar-refractivity contribution in [2.24, 2.45) is 11.5 Å². The maximum atomic E-state index is 12.4. The first kappa shape index (κ1) is 20.1. The van der Waals surface area contributed by atoms with Crippen molar-refractivity contribution in [3.63, 3.8) is 0 Å². The van der Waals surface area contributed by atoms with Crippen molar-refractivity contribution < 1.29 is 14.4 Å². The van der Waals surface area contributed by atoms with Crippen molar-refractivity contribution >= 4 is 23.4 Å². The van der Waals surface area contributed by atoms with Gasteiger partial charge in [-0.05, 0) is 44.1 Å². The average Bonchev–Trinajstić information content (AvgIpc) is 2.91. The Balaban J connectivity index is 1.63. The number of hydrogen-bond acceptors (Lipinski definition) is 7. The minimum absolute atomic E-state index is 0.0681. The van der Waals surface area contributed by atoms with E-state index >= 15 is 0 Å². The van der Waals surface area contributed by atoms with Gasteiger partial charge in [0.15, 0.2) is 0 Å². The van der Waals surface area contributed by atoms with Crippen LogP contribution in [0.25, 0.3) is 5.70 Å². The van der Waals surface area contributed by atoms with Crippen LogP contribution < -0.4 is 16.8 Å². The zero-order valence-electron chi connectivity index (χ0n) is 16.4. The highest BCUT2D eigenvalue weighted by Gasteiger charge is 2.40. The molecule has 2 aliphatic heterocycles. The first-order valence-electron chi connectivity index (χ1n) is 9.24. The number of pyridine rings is 1. The topological polar surface area (TPSA) is 135 Å². The van der Waals surface area contributed by atoms with Crippen LogP contribution in [0.1, 0.15) is 24.1 Å². The first-order valence-corrected chi connectivity index (χ1v) is 9.24. The van der Waals surface area contributed by atoms with Gasteiger partial charge in [0, 0.05) is 42.3 Å². The molecule has 0 unspecified atom stereocenters. The number of carbonyl (C=O) groups excluding carboxylic acids is 3. The van der Waals surface area contributed by atoms with Crippen molar-refractivity contribution in [2.75, 3.05) is 20.1 Å². The number of amides is 3. The predicted octanol–water partition coefficient (Wildman–Crippen LogP) is -0.0456. The quantitative estimate of drug-likeness (QED) is 0.469. The zero-order chi connectivity index (χ0) is 21.1. The maximum Gasteiger partial charge on any atom is 0.277 e. The SMILES string of the molecule is Cc1ccc(/C(N)=C/C=C(\N)NC(=O)CN2CCCC3=C2C(=O)N(C)C3=O)cn1. The molecule has 0 aromatic carbocycles. The van der Waals surface area contributed by atoms with Gasteiger partial charge in [0.1, 0.15) is 11.5 Å². The van der Waals surface area contributed by atoms with Crippen LogP contribution in [-0.2, 0) is 14.4 Å². The molecule has 0 atom stereocenters. The van der Waals surface area contributed by atoms with Crippen molar-refractivity contribution in [3.05, 3.63) is 58.8 Å². The van der Waals surface area contributed by atoms with Crippen molar-refractivity contribution in [1.82, 2.24) is 20.1 Å². The molecule has 0 radical (unpaired) electrons. The molecule has 0 fully saturated rings. The molecule has 1 aromatic heterocycles.